The summed E-state index contributed by atoms with van der Waals surface area (Å²) in [5.74, 6) is 1.75. The summed E-state index contributed by atoms with van der Waals surface area (Å²) in [5, 5.41) is 4.57. The average molecular weight is 341 g/mol. The van der Waals surface area contributed by atoms with Crippen LogP contribution in [0.2, 0.25) is 0 Å². The number of piperidine rings is 1. The molecule has 0 unspecified atom stereocenters. The molecule has 0 N–H and O–H groups in total. The van der Waals surface area contributed by atoms with E-state index < -0.39 is 0 Å². The van der Waals surface area contributed by atoms with Gasteiger partial charge in [-0.3, -0.25) is 9.48 Å². The van der Waals surface area contributed by atoms with Gasteiger partial charge in [0.2, 0.25) is 0 Å². The van der Waals surface area contributed by atoms with Crippen molar-refractivity contribution in [2.45, 2.75) is 57.9 Å². The van der Waals surface area contributed by atoms with Crippen molar-refractivity contribution in [1.29, 1.82) is 0 Å². The number of nitrogens with zero attached hydrogens (tertiary/aromatic N) is 5. The van der Waals surface area contributed by atoms with Crippen molar-refractivity contribution in [2.24, 2.45) is 7.05 Å². The van der Waals surface area contributed by atoms with Crippen LogP contribution in [0, 0.1) is 0 Å². The number of aryl methyl sites for hydroxylation is 2. The topological polar surface area (TPSA) is 56.0 Å². The third-order valence-corrected chi connectivity index (χ3v) is 5.80. The lowest BCUT2D eigenvalue weighted by molar-refractivity contribution is 0.0702. The summed E-state index contributed by atoms with van der Waals surface area (Å²) >= 11 is 0. The fraction of sp³-hybridized carbons (Fsp3) is 0.632. The Kier molecular flexibility index (Phi) is 4.36. The Bertz CT molecular complexity index is 767. The number of imidazole rings is 1. The highest BCUT2D eigenvalue weighted by Crippen LogP contribution is 2.29. The Morgan fingerprint density at radius 3 is 2.76 bits per heavy atom. The van der Waals surface area contributed by atoms with Gasteiger partial charge in [0.25, 0.3) is 5.91 Å². The van der Waals surface area contributed by atoms with E-state index in [4.69, 9.17) is 0 Å². The lowest BCUT2D eigenvalue weighted by Gasteiger charge is -2.31. The van der Waals surface area contributed by atoms with Crippen molar-refractivity contribution in [3.63, 3.8) is 0 Å². The molecular weight excluding hydrogens is 314 g/mol. The first-order valence-electron chi connectivity index (χ1n) is 9.54. The third-order valence-electron chi connectivity index (χ3n) is 5.80. The van der Waals surface area contributed by atoms with E-state index in [1.54, 1.807) is 0 Å². The second kappa shape index (κ2) is 6.65. The largest absolute Gasteiger partial charge is 0.337 e. The molecule has 2 aromatic heterocycles. The number of hydrogen-bond acceptors (Lipinski definition) is 3. The molecule has 0 atom stereocenters. The molecule has 0 spiro atoms. The second-order valence-electron chi connectivity index (χ2n) is 7.24. The Balaban J connectivity index is 1.47. The van der Waals surface area contributed by atoms with Gasteiger partial charge in [0.05, 0.1) is 0 Å². The van der Waals surface area contributed by atoms with E-state index in [0.717, 1.165) is 45.3 Å². The molecule has 2 aliphatic rings. The van der Waals surface area contributed by atoms with Crippen LogP contribution < -0.4 is 0 Å². The number of aromatic nitrogens is 4. The van der Waals surface area contributed by atoms with Gasteiger partial charge in [0.15, 0.2) is 5.69 Å². The number of amides is 1. The van der Waals surface area contributed by atoms with Crippen LogP contribution in [0.25, 0.3) is 0 Å². The number of rotatable bonds is 3. The third kappa shape index (κ3) is 2.87. The standard InChI is InChI=1S/C19H27N5O/c1-3-23-13-10-20-18(23)14-8-11-24(12-9-14)19(25)17-15-6-4-5-7-16(15)22(2)21-17/h10,13-14H,3-9,11-12H2,1-2H3. The number of carbonyl (C=O) groups is 1. The molecule has 134 valence electrons. The van der Waals surface area contributed by atoms with Gasteiger partial charge in [-0.05, 0) is 45.4 Å². The maximum Gasteiger partial charge on any atom is 0.274 e. The zero-order valence-electron chi connectivity index (χ0n) is 15.2. The van der Waals surface area contributed by atoms with Gasteiger partial charge in [0, 0.05) is 56.3 Å². The predicted octanol–water partition coefficient (Wildman–Crippen LogP) is 2.54. The number of hydrogen-bond donors (Lipinski definition) is 0. The van der Waals surface area contributed by atoms with E-state index in [1.807, 2.05) is 29.0 Å². The summed E-state index contributed by atoms with van der Waals surface area (Å²) in [5.41, 5.74) is 3.16. The van der Waals surface area contributed by atoms with Crippen LogP contribution in [-0.2, 0) is 26.4 Å². The summed E-state index contributed by atoms with van der Waals surface area (Å²) in [6, 6.07) is 0. The Morgan fingerprint density at radius 2 is 2.00 bits per heavy atom. The molecule has 2 aromatic rings. The van der Waals surface area contributed by atoms with E-state index in [9.17, 15) is 4.79 Å². The maximum absolute atomic E-state index is 13.0. The molecule has 0 radical (unpaired) electrons. The van der Waals surface area contributed by atoms with Gasteiger partial charge in [-0.1, -0.05) is 0 Å². The second-order valence-corrected chi connectivity index (χ2v) is 7.24. The van der Waals surface area contributed by atoms with Gasteiger partial charge < -0.3 is 9.47 Å². The molecular formula is C19H27N5O. The first-order valence-corrected chi connectivity index (χ1v) is 9.54. The highest BCUT2D eigenvalue weighted by Gasteiger charge is 2.31. The average Bonchev–Trinajstić information content (AvgIpc) is 3.26. The molecule has 3 heterocycles. The molecule has 1 saturated heterocycles. The fourth-order valence-electron chi connectivity index (χ4n) is 4.38. The van der Waals surface area contributed by atoms with E-state index in [2.05, 4.69) is 21.6 Å². The minimum atomic E-state index is 0.121. The highest BCUT2D eigenvalue weighted by molar-refractivity contribution is 5.94. The SMILES string of the molecule is CCn1ccnc1C1CCN(C(=O)c2nn(C)c3c2CCCC3)CC1. The van der Waals surface area contributed by atoms with E-state index in [1.165, 1.54) is 29.9 Å². The molecule has 0 bridgehead atoms. The van der Waals surface area contributed by atoms with Crippen molar-refractivity contribution < 1.29 is 4.79 Å². The Labute approximate surface area is 148 Å². The summed E-state index contributed by atoms with van der Waals surface area (Å²) in [6.07, 6.45) is 10.3. The molecule has 4 rings (SSSR count). The van der Waals surface area contributed by atoms with Crippen LogP contribution in [-0.4, -0.2) is 43.2 Å². The number of likely N-dealkylation sites (tertiary alicyclic amines) is 1. The Morgan fingerprint density at radius 1 is 1.24 bits per heavy atom. The minimum Gasteiger partial charge on any atom is -0.337 e. The smallest absolute Gasteiger partial charge is 0.274 e. The molecule has 0 saturated carbocycles. The van der Waals surface area contributed by atoms with E-state index >= 15 is 0 Å². The quantitative estimate of drug-likeness (QED) is 0.862. The van der Waals surface area contributed by atoms with Crippen molar-refractivity contribution >= 4 is 5.91 Å². The van der Waals surface area contributed by atoms with Gasteiger partial charge >= 0.3 is 0 Å². The van der Waals surface area contributed by atoms with Gasteiger partial charge in [0.1, 0.15) is 5.82 Å². The minimum absolute atomic E-state index is 0.121. The molecule has 6 heteroatoms. The zero-order valence-corrected chi connectivity index (χ0v) is 15.2. The number of carbonyl (C=O) groups excluding carboxylic acids is 1. The zero-order chi connectivity index (χ0) is 17.4. The molecule has 1 amide bonds. The molecule has 1 fully saturated rings. The van der Waals surface area contributed by atoms with Crippen LogP contribution in [0.1, 0.15) is 66.1 Å². The first kappa shape index (κ1) is 16.4. The van der Waals surface area contributed by atoms with Crippen LogP contribution in [0.3, 0.4) is 0 Å². The summed E-state index contributed by atoms with van der Waals surface area (Å²) < 4.78 is 4.14. The molecule has 6 nitrogen and oxygen atoms in total. The lowest BCUT2D eigenvalue weighted by atomic mass is 9.93. The van der Waals surface area contributed by atoms with Crippen LogP contribution in [0.15, 0.2) is 12.4 Å². The van der Waals surface area contributed by atoms with E-state index in [-0.39, 0.29) is 5.91 Å². The van der Waals surface area contributed by atoms with E-state index in [0.29, 0.717) is 11.6 Å². The monoisotopic (exact) mass is 341 g/mol. The predicted molar refractivity (Wildman–Crippen MR) is 95.6 cm³/mol. The summed E-state index contributed by atoms with van der Waals surface area (Å²) in [7, 11) is 1.97. The van der Waals surface area contributed by atoms with Crippen LogP contribution in [0.4, 0.5) is 0 Å². The van der Waals surface area contributed by atoms with Gasteiger partial charge in [-0.2, -0.15) is 5.10 Å². The number of fused-ring (bicyclic) bond motifs is 1. The van der Waals surface area contributed by atoms with Crippen molar-refractivity contribution in [3.05, 3.63) is 35.2 Å². The van der Waals surface area contributed by atoms with Gasteiger partial charge in [-0.25, -0.2) is 4.98 Å². The van der Waals surface area contributed by atoms with Crippen molar-refractivity contribution in [3.8, 4) is 0 Å². The molecule has 25 heavy (non-hydrogen) atoms. The van der Waals surface area contributed by atoms with Gasteiger partial charge in [-0.15, -0.1) is 0 Å². The fourth-order valence-corrected chi connectivity index (χ4v) is 4.38. The van der Waals surface area contributed by atoms with Crippen LogP contribution in [0.5, 0.6) is 0 Å². The Hall–Kier alpha value is -2.11. The highest BCUT2D eigenvalue weighted by atomic mass is 16.2. The summed E-state index contributed by atoms with van der Waals surface area (Å²) in [6.45, 7) is 4.69. The first-order chi connectivity index (χ1) is 12.2. The molecule has 0 aromatic carbocycles. The van der Waals surface area contributed by atoms with Crippen molar-refractivity contribution in [2.75, 3.05) is 13.1 Å². The van der Waals surface area contributed by atoms with Crippen LogP contribution >= 0.6 is 0 Å². The normalized spacial score (nSPS) is 18.4. The lowest BCUT2D eigenvalue weighted by Crippen LogP contribution is -2.39. The maximum atomic E-state index is 13.0. The molecule has 1 aliphatic heterocycles. The molecule has 1 aliphatic carbocycles. The summed E-state index contributed by atoms with van der Waals surface area (Å²) in [4.78, 5) is 19.6. The van der Waals surface area contributed by atoms with Crippen molar-refractivity contribution in [1.82, 2.24) is 24.2 Å².